The van der Waals surface area contributed by atoms with Crippen molar-refractivity contribution >= 4 is 52.5 Å². The van der Waals surface area contributed by atoms with Crippen molar-refractivity contribution in [2.45, 2.75) is 25.3 Å². The van der Waals surface area contributed by atoms with Gasteiger partial charge in [-0.3, -0.25) is 14.9 Å². The Morgan fingerprint density at radius 2 is 2.07 bits per heavy atom. The molecule has 1 aliphatic carbocycles. The van der Waals surface area contributed by atoms with E-state index in [0.29, 0.717) is 40.1 Å². The fraction of sp³-hybridized carbons (Fsp3) is 0.200. The van der Waals surface area contributed by atoms with Crippen molar-refractivity contribution in [3.8, 4) is 0 Å². The largest absolute Gasteiger partial charge is 0.367 e. The Balaban J connectivity index is 1.58. The van der Waals surface area contributed by atoms with E-state index in [1.165, 1.54) is 12.1 Å². The molecule has 2 amide bonds. The Morgan fingerprint density at radius 3 is 2.77 bits per heavy atom. The molecule has 1 saturated carbocycles. The van der Waals surface area contributed by atoms with Crippen LogP contribution in [-0.4, -0.2) is 32.5 Å². The Bertz CT molecular complexity index is 1210. The number of rotatable bonds is 5. The fourth-order valence-electron chi connectivity index (χ4n) is 3.27. The lowest BCUT2D eigenvalue weighted by molar-refractivity contribution is -0.124. The summed E-state index contributed by atoms with van der Waals surface area (Å²) in [5.74, 6) is -0.0471. The van der Waals surface area contributed by atoms with Crippen LogP contribution in [0.1, 0.15) is 24.8 Å². The summed E-state index contributed by atoms with van der Waals surface area (Å²) in [7, 11) is 0. The highest BCUT2D eigenvalue weighted by molar-refractivity contribution is 6.30. The van der Waals surface area contributed by atoms with Gasteiger partial charge in [-0.2, -0.15) is 9.61 Å². The molecule has 3 aromatic rings. The molecule has 0 atom stereocenters. The highest BCUT2D eigenvalue weighted by atomic mass is 35.5. The third-order valence-corrected chi connectivity index (χ3v) is 5.01. The van der Waals surface area contributed by atoms with E-state index in [4.69, 9.17) is 11.6 Å². The van der Waals surface area contributed by atoms with Crippen LogP contribution in [0.5, 0.6) is 0 Å². The SMILES string of the molecule is O=C1C/C(=C\c2cnn3c(NC4CC4)cc(Nc4cc(F)cc(Cl)c4)nc23)C(=O)N1. The molecule has 2 aromatic heterocycles. The minimum absolute atomic E-state index is 0.0170. The number of halogens is 2. The van der Waals surface area contributed by atoms with Crippen molar-refractivity contribution in [3.05, 3.63) is 52.4 Å². The molecule has 1 saturated heterocycles. The first kappa shape index (κ1) is 18.6. The van der Waals surface area contributed by atoms with Gasteiger partial charge >= 0.3 is 0 Å². The molecule has 3 heterocycles. The van der Waals surface area contributed by atoms with Gasteiger partial charge in [0.1, 0.15) is 17.5 Å². The molecule has 152 valence electrons. The maximum atomic E-state index is 13.7. The first-order valence-electron chi connectivity index (χ1n) is 9.38. The number of nitrogens with zero attached hydrogens (tertiary/aromatic N) is 3. The number of hydrogen-bond acceptors (Lipinski definition) is 6. The number of imide groups is 1. The van der Waals surface area contributed by atoms with E-state index in [-0.39, 0.29) is 17.4 Å². The lowest BCUT2D eigenvalue weighted by Crippen LogP contribution is -2.19. The number of benzene rings is 1. The summed E-state index contributed by atoms with van der Waals surface area (Å²) in [6, 6.07) is 6.27. The lowest BCUT2D eigenvalue weighted by atomic mass is 10.1. The average molecular weight is 427 g/mol. The van der Waals surface area contributed by atoms with Gasteiger partial charge in [-0.25, -0.2) is 9.37 Å². The summed E-state index contributed by atoms with van der Waals surface area (Å²) < 4.78 is 15.4. The molecule has 8 nitrogen and oxygen atoms in total. The van der Waals surface area contributed by atoms with Crippen LogP contribution in [0.3, 0.4) is 0 Å². The lowest BCUT2D eigenvalue weighted by Gasteiger charge is -2.12. The smallest absolute Gasteiger partial charge is 0.254 e. The summed E-state index contributed by atoms with van der Waals surface area (Å²) in [6.07, 6.45) is 5.34. The molecule has 2 fully saturated rings. The Labute approximate surface area is 175 Å². The van der Waals surface area contributed by atoms with Crippen molar-refractivity contribution in [2.24, 2.45) is 0 Å². The second kappa shape index (κ2) is 7.10. The normalized spacial score (nSPS) is 17.6. The number of hydrogen-bond donors (Lipinski definition) is 3. The van der Waals surface area contributed by atoms with Crippen LogP contribution >= 0.6 is 11.6 Å². The molecule has 5 rings (SSSR count). The van der Waals surface area contributed by atoms with Crippen LogP contribution in [0.4, 0.5) is 21.7 Å². The molecule has 0 bridgehead atoms. The van der Waals surface area contributed by atoms with Gasteiger partial charge in [-0.1, -0.05) is 11.6 Å². The fourth-order valence-corrected chi connectivity index (χ4v) is 3.49. The van der Waals surface area contributed by atoms with Gasteiger partial charge in [0.25, 0.3) is 5.91 Å². The summed E-state index contributed by atoms with van der Waals surface area (Å²) in [5, 5.41) is 13.4. The Kier molecular flexibility index (Phi) is 4.39. The van der Waals surface area contributed by atoms with Crippen molar-refractivity contribution in [2.75, 3.05) is 10.6 Å². The molecular weight excluding hydrogens is 411 g/mol. The van der Waals surface area contributed by atoms with Crippen LogP contribution < -0.4 is 16.0 Å². The van der Waals surface area contributed by atoms with Gasteiger partial charge in [0, 0.05) is 34.0 Å². The number of aromatic nitrogens is 3. The number of carbonyl (C=O) groups is 2. The standard InChI is InChI=1S/C20H16ClFN6O2/c21-12-5-13(22)7-15(6-12)24-16-8-17(25-14-1-2-14)28-19(26-16)11(9-23-28)3-10-4-18(29)27-20(10)30/h3,5-9,14,25H,1-2,4H2,(H,24,26)(H,27,29,30)/b10-3+. The Hall–Kier alpha value is -3.46. The number of anilines is 3. The predicted octanol–water partition coefficient (Wildman–Crippen LogP) is 3.27. The second-order valence-electron chi connectivity index (χ2n) is 7.29. The van der Waals surface area contributed by atoms with Crippen molar-refractivity contribution in [3.63, 3.8) is 0 Å². The number of carbonyl (C=O) groups excluding carboxylic acids is 2. The topological polar surface area (TPSA) is 100 Å². The summed E-state index contributed by atoms with van der Waals surface area (Å²) in [4.78, 5) is 28.0. The number of fused-ring (bicyclic) bond motifs is 1. The minimum atomic E-state index is -0.464. The van der Waals surface area contributed by atoms with Gasteiger partial charge in [-0.05, 0) is 37.1 Å². The van der Waals surface area contributed by atoms with Crippen molar-refractivity contribution in [1.82, 2.24) is 19.9 Å². The van der Waals surface area contributed by atoms with Gasteiger partial charge < -0.3 is 10.6 Å². The van der Waals surface area contributed by atoms with Gasteiger partial charge in [-0.15, -0.1) is 0 Å². The number of nitrogens with one attached hydrogen (secondary N) is 3. The van der Waals surface area contributed by atoms with Gasteiger partial charge in [0.15, 0.2) is 5.65 Å². The first-order chi connectivity index (χ1) is 14.4. The van der Waals surface area contributed by atoms with E-state index in [0.717, 1.165) is 12.8 Å². The molecule has 3 N–H and O–H groups in total. The zero-order valence-corrected chi connectivity index (χ0v) is 16.3. The maximum Gasteiger partial charge on any atom is 0.254 e. The van der Waals surface area contributed by atoms with E-state index >= 15 is 0 Å². The van der Waals surface area contributed by atoms with Crippen LogP contribution in [0.2, 0.25) is 5.02 Å². The molecule has 0 unspecified atom stereocenters. The van der Waals surface area contributed by atoms with Crippen LogP contribution in [0.25, 0.3) is 11.7 Å². The number of amides is 2. The molecule has 1 aliphatic heterocycles. The summed E-state index contributed by atoms with van der Waals surface area (Å²) in [5.41, 5.74) is 1.89. The molecule has 2 aliphatic rings. The highest BCUT2D eigenvalue weighted by Crippen LogP contribution is 2.29. The molecular formula is C20H16ClFN6O2. The van der Waals surface area contributed by atoms with E-state index < -0.39 is 11.7 Å². The first-order valence-corrected chi connectivity index (χ1v) is 9.75. The van der Waals surface area contributed by atoms with E-state index in [2.05, 4.69) is 26.0 Å². The minimum Gasteiger partial charge on any atom is -0.367 e. The second-order valence-corrected chi connectivity index (χ2v) is 7.72. The van der Waals surface area contributed by atoms with E-state index in [1.54, 1.807) is 28.9 Å². The van der Waals surface area contributed by atoms with Crippen LogP contribution in [0, 0.1) is 5.82 Å². The quantitative estimate of drug-likeness (QED) is 0.427. The van der Waals surface area contributed by atoms with Crippen LogP contribution in [0.15, 0.2) is 36.0 Å². The van der Waals surface area contributed by atoms with E-state index in [1.807, 2.05) is 0 Å². The summed E-state index contributed by atoms with van der Waals surface area (Å²) in [6.45, 7) is 0. The zero-order valence-electron chi connectivity index (χ0n) is 15.6. The highest BCUT2D eigenvalue weighted by Gasteiger charge is 2.25. The Morgan fingerprint density at radius 1 is 1.23 bits per heavy atom. The third kappa shape index (κ3) is 3.71. The van der Waals surface area contributed by atoms with Gasteiger partial charge in [0.2, 0.25) is 5.91 Å². The zero-order chi connectivity index (χ0) is 20.8. The van der Waals surface area contributed by atoms with Crippen LogP contribution in [-0.2, 0) is 9.59 Å². The molecule has 0 spiro atoms. The molecule has 10 heteroatoms. The van der Waals surface area contributed by atoms with Gasteiger partial charge in [0.05, 0.1) is 12.6 Å². The van der Waals surface area contributed by atoms with E-state index in [9.17, 15) is 14.0 Å². The third-order valence-electron chi connectivity index (χ3n) is 4.79. The molecule has 30 heavy (non-hydrogen) atoms. The molecule has 0 radical (unpaired) electrons. The van der Waals surface area contributed by atoms with Crippen molar-refractivity contribution < 1.29 is 14.0 Å². The molecule has 1 aromatic carbocycles. The van der Waals surface area contributed by atoms with Crippen molar-refractivity contribution in [1.29, 1.82) is 0 Å². The monoisotopic (exact) mass is 426 g/mol. The maximum absolute atomic E-state index is 13.7. The predicted molar refractivity (Wildman–Crippen MR) is 110 cm³/mol. The summed E-state index contributed by atoms with van der Waals surface area (Å²) >= 11 is 5.95. The average Bonchev–Trinajstić information content (AvgIpc) is 3.30.